The maximum absolute atomic E-state index is 10.8. The molecule has 0 spiro atoms. The Labute approximate surface area is 150 Å². The molecule has 1 unspecified atom stereocenters. The van der Waals surface area contributed by atoms with E-state index in [9.17, 15) is 9.90 Å². The molecule has 0 fully saturated rings. The van der Waals surface area contributed by atoms with Crippen LogP contribution in [0.4, 0.5) is 0 Å². The van der Waals surface area contributed by atoms with Crippen molar-refractivity contribution >= 4 is 5.97 Å². The lowest BCUT2D eigenvalue weighted by molar-refractivity contribution is -0.873. The lowest BCUT2D eigenvalue weighted by atomic mass is 10.1. The van der Waals surface area contributed by atoms with Gasteiger partial charge in [0.1, 0.15) is 12.6 Å². The Morgan fingerprint density at radius 2 is 1.33 bits per heavy atom. The Bertz CT molecular complexity index is 300. The van der Waals surface area contributed by atoms with Gasteiger partial charge >= 0.3 is 0 Å². The summed E-state index contributed by atoms with van der Waals surface area (Å²) in [5, 5.41) is 10.8. The van der Waals surface area contributed by atoms with E-state index in [1.165, 1.54) is 64.2 Å². The maximum Gasteiger partial charge on any atom is 0.112 e. The van der Waals surface area contributed by atoms with Crippen molar-refractivity contribution in [3.8, 4) is 0 Å². The number of nitrogens with zero attached hydrogens (tertiary/aromatic N) is 1. The van der Waals surface area contributed by atoms with E-state index in [0.717, 1.165) is 6.42 Å². The van der Waals surface area contributed by atoms with E-state index in [1.807, 2.05) is 21.1 Å². The van der Waals surface area contributed by atoms with E-state index in [1.54, 1.807) is 0 Å². The van der Waals surface area contributed by atoms with Gasteiger partial charge in [0, 0.05) is 19.0 Å². The number of aliphatic carboxylic acids is 1. The monoisotopic (exact) mass is 343 g/mol. The highest BCUT2D eigenvalue weighted by atomic mass is 16.5. The summed E-state index contributed by atoms with van der Waals surface area (Å²) in [6, 6.07) is 0. The van der Waals surface area contributed by atoms with E-state index >= 15 is 0 Å². The van der Waals surface area contributed by atoms with Crippen LogP contribution in [-0.4, -0.2) is 50.9 Å². The van der Waals surface area contributed by atoms with Gasteiger partial charge in [0.2, 0.25) is 0 Å². The van der Waals surface area contributed by atoms with Gasteiger partial charge in [-0.1, -0.05) is 71.1 Å². The second-order valence-corrected chi connectivity index (χ2v) is 8.08. The molecule has 0 radical (unpaired) electrons. The van der Waals surface area contributed by atoms with Crippen LogP contribution in [0, 0.1) is 0 Å². The van der Waals surface area contributed by atoms with Gasteiger partial charge in [-0.15, -0.1) is 0 Å². The molecule has 0 saturated carbocycles. The normalized spacial score (nSPS) is 13.2. The lowest BCUT2D eigenvalue weighted by Crippen LogP contribution is -2.44. The first kappa shape index (κ1) is 23.4. The first-order valence-electron chi connectivity index (χ1n) is 9.97. The van der Waals surface area contributed by atoms with Crippen LogP contribution < -0.4 is 5.11 Å². The minimum absolute atomic E-state index is 0.00640. The Kier molecular flexibility index (Phi) is 14.3. The highest BCUT2D eigenvalue weighted by Gasteiger charge is 2.18. The van der Waals surface area contributed by atoms with Crippen molar-refractivity contribution in [1.29, 1.82) is 0 Å². The number of hydrogen-bond donors (Lipinski definition) is 0. The minimum atomic E-state index is -1.02. The summed E-state index contributed by atoms with van der Waals surface area (Å²) in [5.74, 6) is -1.02. The van der Waals surface area contributed by atoms with E-state index in [0.29, 0.717) is 17.6 Å². The van der Waals surface area contributed by atoms with Crippen LogP contribution in [0.5, 0.6) is 0 Å². The minimum Gasteiger partial charge on any atom is -0.550 e. The van der Waals surface area contributed by atoms with Crippen molar-refractivity contribution in [3.63, 3.8) is 0 Å². The Morgan fingerprint density at radius 3 is 1.75 bits per heavy atom. The quantitative estimate of drug-likeness (QED) is 0.300. The third kappa shape index (κ3) is 17.7. The van der Waals surface area contributed by atoms with Gasteiger partial charge < -0.3 is 19.1 Å². The third-order valence-corrected chi connectivity index (χ3v) is 4.25. The predicted molar refractivity (Wildman–Crippen MR) is 98.7 cm³/mol. The number of carbonyl (C=O) groups excluding carboxylic acids is 1. The molecule has 4 nitrogen and oxygen atoms in total. The fraction of sp³-hybridized carbons (Fsp3) is 0.950. The average Bonchev–Trinajstić information content (AvgIpc) is 2.46. The van der Waals surface area contributed by atoms with Crippen LogP contribution in [-0.2, 0) is 9.53 Å². The van der Waals surface area contributed by atoms with E-state index < -0.39 is 5.97 Å². The van der Waals surface area contributed by atoms with Crippen LogP contribution in [0.3, 0.4) is 0 Å². The lowest BCUT2D eigenvalue weighted by Gasteiger charge is -2.29. The third-order valence-electron chi connectivity index (χ3n) is 4.25. The molecule has 0 saturated heterocycles. The van der Waals surface area contributed by atoms with Crippen molar-refractivity contribution in [1.82, 2.24) is 0 Å². The Balaban J connectivity index is 3.53. The average molecular weight is 344 g/mol. The molecule has 0 heterocycles. The number of ether oxygens (including phenoxy) is 1. The molecular weight excluding hydrogens is 302 g/mol. The number of unbranched alkanes of at least 4 members (excludes halogenated alkanes) is 10. The SMILES string of the molecule is CCCCCCCCCCCCCOC(CC(=O)[O-])C[N+](C)(C)C. The van der Waals surface area contributed by atoms with Crippen molar-refractivity contribution < 1.29 is 19.1 Å². The molecule has 0 aliphatic heterocycles. The number of carboxylic acids is 1. The molecule has 0 amide bonds. The number of hydrogen-bond acceptors (Lipinski definition) is 3. The first-order chi connectivity index (χ1) is 11.3. The number of quaternary nitrogens is 1. The van der Waals surface area contributed by atoms with Crippen LogP contribution in [0.1, 0.15) is 84.0 Å². The van der Waals surface area contributed by atoms with Crippen LogP contribution >= 0.6 is 0 Å². The fourth-order valence-electron chi connectivity index (χ4n) is 2.99. The van der Waals surface area contributed by atoms with Gasteiger partial charge in [-0.3, -0.25) is 0 Å². The first-order valence-corrected chi connectivity index (χ1v) is 9.97. The van der Waals surface area contributed by atoms with Crippen molar-refractivity contribution in [2.24, 2.45) is 0 Å². The highest BCUT2D eigenvalue weighted by Crippen LogP contribution is 2.12. The fourth-order valence-corrected chi connectivity index (χ4v) is 2.99. The summed E-state index contributed by atoms with van der Waals surface area (Å²) in [6.07, 6.45) is 14.1. The molecule has 0 bridgehead atoms. The number of carboxylic acid groups (broad SMARTS) is 1. The number of rotatable bonds is 17. The summed E-state index contributed by atoms with van der Waals surface area (Å²) >= 11 is 0. The molecule has 0 N–H and O–H groups in total. The zero-order valence-electron chi connectivity index (χ0n) is 16.6. The molecule has 0 rings (SSSR count). The largest absolute Gasteiger partial charge is 0.550 e. The van der Waals surface area contributed by atoms with Crippen molar-refractivity contribution in [2.75, 3.05) is 34.3 Å². The summed E-state index contributed by atoms with van der Waals surface area (Å²) in [4.78, 5) is 10.8. The summed E-state index contributed by atoms with van der Waals surface area (Å²) in [5.41, 5.74) is 0. The highest BCUT2D eigenvalue weighted by molar-refractivity contribution is 5.64. The van der Waals surface area contributed by atoms with Crippen molar-refractivity contribution in [2.45, 2.75) is 90.1 Å². The molecule has 4 heteroatoms. The number of carbonyl (C=O) groups is 1. The Hall–Kier alpha value is -0.610. The van der Waals surface area contributed by atoms with Gasteiger partial charge in [0.05, 0.1) is 21.1 Å². The van der Waals surface area contributed by atoms with Crippen LogP contribution in [0.25, 0.3) is 0 Å². The van der Waals surface area contributed by atoms with E-state index in [2.05, 4.69) is 6.92 Å². The van der Waals surface area contributed by atoms with Gasteiger partial charge in [-0.2, -0.15) is 0 Å². The zero-order valence-corrected chi connectivity index (χ0v) is 16.6. The molecule has 0 aromatic rings. The van der Waals surface area contributed by atoms with E-state index in [4.69, 9.17) is 4.74 Å². The molecule has 0 aromatic carbocycles. The van der Waals surface area contributed by atoms with Gasteiger partial charge in [0.15, 0.2) is 0 Å². The van der Waals surface area contributed by atoms with Gasteiger partial charge in [0.25, 0.3) is 0 Å². The Morgan fingerprint density at radius 1 is 0.875 bits per heavy atom. The molecule has 0 aliphatic rings. The molecule has 24 heavy (non-hydrogen) atoms. The van der Waals surface area contributed by atoms with Gasteiger partial charge in [-0.25, -0.2) is 0 Å². The molecular formula is C20H41NO3. The standard InChI is InChI=1S/C20H41NO3/c1-5-6-7-8-9-10-11-12-13-14-15-16-24-19(17-20(22)23)18-21(2,3)4/h19H,5-18H2,1-4H3. The summed E-state index contributed by atoms with van der Waals surface area (Å²) in [7, 11) is 6.15. The molecule has 1 atom stereocenters. The summed E-state index contributed by atoms with van der Waals surface area (Å²) < 4.78 is 6.48. The molecule has 0 aliphatic carbocycles. The van der Waals surface area contributed by atoms with Gasteiger partial charge in [-0.05, 0) is 6.42 Å². The van der Waals surface area contributed by atoms with Crippen molar-refractivity contribution in [3.05, 3.63) is 0 Å². The van der Waals surface area contributed by atoms with E-state index in [-0.39, 0.29) is 12.5 Å². The summed E-state index contributed by atoms with van der Waals surface area (Å²) in [6.45, 7) is 3.62. The topological polar surface area (TPSA) is 49.4 Å². The van der Waals surface area contributed by atoms with Crippen LogP contribution in [0.2, 0.25) is 0 Å². The second-order valence-electron chi connectivity index (χ2n) is 8.08. The molecule has 144 valence electrons. The maximum atomic E-state index is 10.8. The molecule has 0 aromatic heterocycles. The smallest absolute Gasteiger partial charge is 0.112 e. The number of likely N-dealkylation sites (N-methyl/N-ethyl adjacent to an activating group) is 1. The van der Waals surface area contributed by atoms with Crippen LogP contribution in [0.15, 0.2) is 0 Å². The zero-order chi connectivity index (χ0) is 18.3. The predicted octanol–water partition coefficient (Wildman–Crippen LogP) is 3.53. The second kappa shape index (κ2) is 14.7.